The number of hydrogen-bond acceptors (Lipinski definition) is 2. The predicted octanol–water partition coefficient (Wildman–Crippen LogP) is 4.11. The molecular weight excluding hydrogens is 255 g/mol. The molecule has 17 heavy (non-hydrogen) atoms. The summed E-state index contributed by atoms with van der Waals surface area (Å²) in [6.45, 7) is 0. The average molecular weight is 263 g/mol. The van der Waals surface area contributed by atoms with Gasteiger partial charge in [0.15, 0.2) is 0 Å². The summed E-state index contributed by atoms with van der Waals surface area (Å²) < 4.78 is 0. The second-order valence-electron chi connectivity index (χ2n) is 3.54. The van der Waals surface area contributed by atoms with Crippen molar-refractivity contribution >= 4 is 28.9 Å². The molecule has 4 heteroatoms. The maximum Gasteiger partial charge on any atom is 0.101 e. The number of nitrogens with two attached hydrogens (primary N) is 1. The van der Waals surface area contributed by atoms with Gasteiger partial charge in [-0.25, -0.2) is 0 Å². The zero-order valence-electron chi connectivity index (χ0n) is 8.74. The van der Waals surface area contributed by atoms with Crippen LogP contribution in [0.25, 0.3) is 11.1 Å². The van der Waals surface area contributed by atoms with E-state index in [4.69, 9.17) is 34.2 Å². The van der Waals surface area contributed by atoms with E-state index in [2.05, 4.69) is 0 Å². The van der Waals surface area contributed by atoms with Crippen LogP contribution in [0.1, 0.15) is 5.56 Å². The molecular formula is C13H8Cl2N2. The molecule has 0 amide bonds. The molecule has 0 saturated carbocycles. The topological polar surface area (TPSA) is 49.8 Å². The van der Waals surface area contributed by atoms with Crippen molar-refractivity contribution in [3.05, 3.63) is 52.0 Å². The van der Waals surface area contributed by atoms with Crippen LogP contribution in [-0.4, -0.2) is 0 Å². The quantitative estimate of drug-likeness (QED) is 0.787. The van der Waals surface area contributed by atoms with Crippen molar-refractivity contribution in [2.24, 2.45) is 0 Å². The Balaban J connectivity index is 2.54. The van der Waals surface area contributed by atoms with Gasteiger partial charge in [0.25, 0.3) is 0 Å². The largest absolute Gasteiger partial charge is 0.398 e. The van der Waals surface area contributed by atoms with Crippen molar-refractivity contribution in [1.82, 2.24) is 0 Å². The summed E-state index contributed by atoms with van der Waals surface area (Å²) >= 11 is 11.8. The van der Waals surface area contributed by atoms with Crippen LogP contribution < -0.4 is 5.73 Å². The lowest BCUT2D eigenvalue weighted by molar-refractivity contribution is 1.48. The predicted molar refractivity (Wildman–Crippen MR) is 71.0 cm³/mol. The third-order valence-corrected chi connectivity index (χ3v) is 3.17. The molecule has 2 aromatic carbocycles. The van der Waals surface area contributed by atoms with Crippen LogP contribution in [-0.2, 0) is 0 Å². The first-order valence-corrected chi connectivity index (χ1v) is 5.62. The molecule has 2 aromatic rings. The lowest BCUT2D eigenvalue weighted by atomic mass is 10.0. The van der Waals surface area contributed by atoms with Crippen LogP contribution in [0.3, 0.4) is 0 Å². The molecule has 0 bridgehead atoms. The number of anilines is 1. The fourth-order valence-corrected chi connectivity index (χ4v) is 1.81. The number of rotatable bonds is 1. The van der Waals surface area contributed by atoms with Crippen LogP contribution in [0.4, 0.5) is 5.69 Å². The first-order valence-electron chi connectivity index (χ1n) is 4.87. The van der Waals surface area contributed by atoms with Gasteiger partial charge in [-0.3, -0.25) is 0 Å². The van der Waals surface area contributed by atoms with E-state index in [1.54, 1.807) is 24.3 Å². The fraction of sp³-hybridized carbons (Fsp3) is 0. The molecule has 2 nitrogen and oxygen atoms in total. The van der Waals surface area contributed by atoms with Crippen LogP contribution in [0, 0.1) is 11.3 Å². The number of halogens is 2. The van der Waals surface area contributed by atoms with Crippen molar-refractivity contribution in [2.75, 3.05) is 5.73 Å². The summed E-state index contributed by atoms with van der Waals surface area (Å²) in [4.78, 5) is 0. The van der Waals surface area contributed by atoms with Crippen LogP contribution in [0.15, 0.2) is 36.4 Å². The molecule has 0 spiro atoms. The highest BCUT2D eigenvalue weighted by Crippen LogP contribution is 2.29. The molecule has 0 unspecified atom stereocenters. The molecule has 2 N–H and O–H groups in total. The molecule has 0 aromatic heterocycles. The van der Waals surface area contributed by atoms with Gasteiger partial charge < -0.3 is 5.73 Å². The smallest absolute Gasteiger partial charge is 0.101 e. The van der Waals surface area contributed by atoms with Gasteiger partial charge in [0.1, 0.15) is 6.07 Å². The number of hydrogen-bond donors (Lipinski definition) is 1. The Morgan fingerprint density at radius 1 is 0.941 bits per heavy atom. The summed E-state index contributed by atoms with van der Waals surface area (Å²) in [5.74, 6) is 0. The molecule has 0 aliphatic rings. The van der Waals surface area contributed by atoms with E-state index in [0.717, 1.165) is 11.1 Å². The standard InChI is InChI=1S/C13H8Cl2N2/c14-11-3-1-9(6-12(11)15)8-2-4-13(17)10(5-8)7-16/h1-6H,17H2. The third kappa shape index (κ3) is 2.36. The molecule has 0 aliphatic carbocycles. The SMILES string of the molecule is N#Cc1cc(-c2ccc(Cl)c(Cl)c2)ccc1N. The number of nitrogen functional groups attached to an aromatic ring is 1. The minimum Gasteiger partial charge on any atom is -0.398 e. The number of benzene rings is 2. The van der Waals surface area contributed by atoms with Crippen molar-refractivity contribution in [3.63, 3.8) is 0 Å². The van der Waals surface area contributed by atoms with E-state index < -0.39 is 0 Å². The van der Waals surface area contributed by atoms with Gasteiger partial charge in [0, 0.05) is 5.69 Å². The highest BCUT2D eigenvalue weighted by Gasteiger charge is 2.05. The third-order valence-electron chi connectivity index (χ3n) is 2.43. The normalized spacial score (nSPS) is 9.94. The van der Waals surface area contributed by atoms with Crippen molar-refractivity contribution in [1.29, 1.82) is 5.26 Å². The Morgan fingerprint density at radius 2 is 1.59 bits per heavy atom. The maximum atomic E-state index is 8.91. The van der Waals surface area contributed by atoms with Gasteiger partial charge in [-0.05, 0) is 35.4 Å². The lowest BCUT2D eigenvalue weighted by Gasteiger charge is -2.05. The van der Waals surface area contributed by atoms with Crippen molar-refractivity contribution in [2.45, 2.75) is 0 Å². The summed E-state index contributed by atoms with van der Waals surface area (Å²) in [6.07, 6.45) is 0. The van der Waals surface area contributed by atoms with Gasteiger partial charge in [0.2, 0.25) is 0 Å². The molecule has 2 rings (SSSR count). The van der Waals surface area contributed by atoms with Gasteiger partial charge in [-0.15, -0.1) is 0 Å². The fourth-order valence-electron chi connectivity index (χ4n) is 1.51. The van der Waals surface area contributed by atoms with Crippen LogP contribution >= 0.6 is 23.2 Å². The summed E-state index contributed by atoms with van der Waals surface area (Å²) in [5.41, 5.74) is 8.37. The van der Waals surface area contributed by atoms with E-state index in [-0.39, 0.29) is 0 Å². The Hall–Kier alpha value is -1.69. The van der Waals surface area contributed by atoms with Crippen molar-refractivity contribution < 1.29 is 0 Å². The van der Waals surface area contributed by atoms with E-state index in [0.29, 0.717) is 21.3 Å². The molecule has 84 valence electrons. The maximum absolute atomic E-state index is 8.91. The minimum absolute atomic E-state index is 0.452. The number of nitrogens with zero attached hydrogens (tertiary/aromatic N) is 1. The summed E-state index contributed by atoms with van der Waals surface area (Å²) in [7, 11) is 0. The Bertz CT molecular complexity index is 615. The van der Waals surface area contributed by atoms with E-state index in [1.807, 2.05) is 18.2 Å². The Morgan fingerprint density at radius 3 is 2.24 bits per heavy atom. The van der Waals surface area contributed by atoms with Gasteiger partial charge in [-0.2, -0.15) is 5.26 Å². The monoisotopic (exact) mass is 262 g/mol. The first-order chi connectivity index (χ1) is 8.11. The van der Waals surface area contributed by atoms with Gasteiger partial charge in [0.05, 0.1) is 15.6 Å². The highest BCUT2D eigenvalue weighted by molar-refractivity contribution is 6.42. The van der Waals surface area contributed by atoms with Crippen molar-refractivity contribution in [3.8, 4) is 17.2 Å². The molecule has 0 aliphatic heterocycles. The average Bonchev–Trinajstić information content (AvgIpc) is 2.33. The first kappa shape index (κ1) is 11.8. The van der Waals surface area contributed by atoms with Gasteiger partial charge >= 0.3 is 0 Å². The summed E-state index contributed by atoms with van der Waals surface area (Å²) in [6, 6.07) is 12.7. The Labute approximate surface area is 109 Å². The zero-order chi connectivity index (χ0) is 12.4. The molecule has 0 saturated heterocycles. The second kappa shape index (κ2) is 4.67. The second-order valence-corrected chi connectivity index (χ2v) is 4.36. The molecule has 0 radical (unpaired) electrons. The van der Waals surface area contributed by atoms with E-state index >= 15 is 0 Å². The van der Waals surface area contributed by atoms with Crippen LogP contribution in [0.2, 0.25) is 10.0 Å². The molecule has 0 atom stereocenters. The van der Waals surface area contributed by atoms with Gasteiger partial charge in [-0.1, -0.05) is 35.3 Å². The number of nitriles is 1. The van der Waals surface area contributed by atoms with E-state index in [9.17, 15) is 0 Å². The Kier molecular flexibility index (Phi) is 3.23. The van der Waals surface area contributed by atoms with Crippen LogP contribution in [0.5, 0.6) is 0 Å². The lowest BCUT2D eigenvalue weighted by Crippen LogP contribution is -1.90. The highest BCUT2D eigenvalue weighted by atomic mass is 35.5. The van der Waals surface area contributed by atoms with E-state index in [1.165, 1.54) is 0 Å². The summed E-state index contributed by atoms with van der Waals surface area (Å²) in [5, 5.41) is 9.90. The molecule has 0 fully saturated rings. The molecule has 0 heterocycles. The zero-order valence-corrected chi connectivity index (χ0v) is 10.3. The minimum atomic E-state index is 0.452.